The van der Waals surface area contributed by atoms with Gasteiger partial charge in [-0.05, 0) is 0 Å². The molecule has 0 heterocycles. The molecule has 0 aromatic carbocycles. The van der Waals surface area contributed by atoms with Crippen molar-refractivity contribution in [3.8, 4) is 0 Å². The topological polar surface area (TPSA) is 288 Å². The van der Waals surface area contributed by atoms with E-state index >= 15 is 0 Å². The Kier molecular flexibility index (Phi) is 6.79. The first kappa shape index (κ1) is 23.6. The van der Waals surface area contributed by atoms with Gasteiger partial charge in [-0.2, -0.15) is 16.8 Å². The van der Waals surface area contributed by atoms with Crippen molar-refractivity contribution in [2.45, 2.75) is 23.9 Å². The second-order valence-electron chi connectivity index (χ2n) is 4.68. The third-order valence-corrected chi connectivity index (χ3v) is 3.53. The van der Waals surface area contributed by atoms with E-state index in [1.54, 1.807) is 0 Å². The Bertz CT molecular complexity index is 831. The summed E-state index contributed by atoms with van der Waals surface area (Å²) < 4.78 is 65.8. The molecule has 0 radical (unpaired) electrons. The van der Waals surface area contributed by atoms with E-state index in [4.69, 9.17) is 30.8 Å². The zero-order valence-electron chi connectivity index (χ0n) is 12.3. The third kappa shape index (κ3) is 6.16. The van der Waals surface area contributed by atoms with E-state index in [0.29, 0.717) is 0 Å². The van der Waals surface area contributed by atoms with Crippen LogP contribution in [0.1, 0.15) is 12.8 Å². The van der Waals surface area contributed by atoms with Crippen molar-refractivity contribution in [1.29, 1.82) is 0 Å². The van der Waals surface area contributed by atoms with Gasteiger partial charge in [0.1, 0.15) is 0 Å². The molecule has 2 atom stereocenters. The molecule has 0 rings (SSSR count). The average Bonchev–Trinajstić information content (AvgIpc) is 2.32. The summed E-state index contributed by atoms with van der Waals surface area (Å²) in [7, 11) is -11.1. The fraction of sp³-hybridized carbons (Fsp3) is 0.500. The number of rotatable bonds is 9. The van der Waals surface area contributed by atoms with Crippen LogP contribution >= 0.6 is 0 Å². The van der Waals surface area contributed by atoms with E-state index in [0.717, 1.165) is 0 Å². The van der Waals surface area contributed by atoms with Crippen LogP contribution in [0.2, 0.25) is 0 Å². The number of carbonyl (C=O) groups is 4. The Labute approximate surface area is 144 Å². The normalized spacial score (nSPS) is 16.6. The van der Waals surface area contributed by atoms with E-state index in [1.165, 1.54) is 0 Å². The minimum atomic E-state index is -5.64. The maximum Gasteiger partial charge on any atom is 0.449 e. The second kappa shape index (κ2) is 7.47. The molecule has 0 aliphatic heterocycles. The molecule has 0 amide bonds. The highest BCUT2D eigenvalue weighted by Gasteiger charge is 2.61. The number of hydrogen-bond acceptors (Lipinski definition) is 12. The Morgan fingerprint density at radius 3 is 1.54 bits per heavy atom. The van der Waals surface area contributed by atoms with Gasteiger partial charge in [0, 0.05) is 0 Å². The number of carbonyl (C=O) groups excluding carboxylic acids is 2. The molecule has 1 unspecified atom stereocenters. The van der Waals surface area contributed by atoms with Gasteiger partial charge >= 0.3 is 44.7 Å². The van der Waals surface area contributed by atoms with Gasteiger partial charge in [-0.25, -0.2) is 4.79 Å². The maximum absolute atomic E-state index is 11.9. The van der Waals surface area contributed by atoms with Crippen molar-refractivity contribution >= 4 is 44.7 Å². The Hall–Kier alpha value is -2.38. The predicted molar refractivity (Wildman–Crippen MR) is 73.6 cm³/mol. The molecule has 8 N–H and O–H groups in total. The molecule has 0 saturated heterocycles. The van der Waals surface area contributed by atoms with Gasteiger partial charge in [-0.3, -0.25) is 23.5 Å². The molecule has 0 spiro atoms. The van der Waals surface area contributed by atoms with E-state index < -0.39 is 68.6 Å². The Balaban J connectivity index is 6.32. The van der Waals surface area contributed by atoms with Crippen molar-refractivity contribution in [1.82, 2.24) is 0 Å². The maximum atomic E-state index is 11.9. The standard InChI is InChI=1S/C8H12N2O14S2/c9-7(5(14)15,1-3(11)12)8(10,6(16)24-26(20,21)22)2-4(13)23-25(17,18)19/h1-2,9-10H2,(H,11,12)(H,14,15)(H,17,18,19)(H,20,21,22)/t7-,8?/m0/s1. The summed E-state index contributed by atoms with van der Waals surface area (Å²) in [6, 6.07) is 0. The fourth-order valence-corrected chi connectivity index (χ4v) is 2.25. The molecular weight excluding hydrogens is 412 g/mol. The molecule has 26 heavy (non-hydrogen) atoms. The first-order chi connectivity index (χ1) is 11.3. The number of aliphatic carboxylic acids is 2. The van der Waals surface area contributed by atoms with Gasteiger partial charge < -0.3 is 30.0 Å². The van der Waals surface area contributed by atoms with Crippen LogP contribution in [0.15, 0.2) is 0 Å². The molecule has 150 valence electrons. The number of hydrogen-bond donors (Lipinski definition) is 6. The number of nitrogens with two attached hydrogens (primary N) is 2. The van der Waals surface area contributed by atoms with Gasteiger partial charge in [0.15, 0.2) is 11.1 Å². The zero-order chi connectivity index (χ0) is 21.1. The van der Waals surface area contributed by atoms with Crippen LogP contribution in [-0.2, 0) is 48.3 Å². The molecule has 0 bridgehead atoms. The lowest BCUT2D eigenvalue weighted by molar-refractivity contribution is -0.162. The smallest absolute Gasteiger partial charge is 0.449 e. The largest absolute Gasteiger partial charge is 0.481 e. The van der Waals surface area contributed by atoms with Gasteiger partial charge in [0.05, 0.1) is 12.8 Å². The SMILES string of the molecule is NC(CC(=O)OS(=O)(=O)O)(C(=O)OS(=O)(=O)O)[C@](N)(CC(=O)O)C(=O)O. The van der Waals surface area contributed by atoms with Crippen LogP contribution in [-0.4, -0.2) is 71.1 Å². The summed E-state index contributed by atoms with van der Waals surface area (Å²) in [5.41, 5.74) is 3.50. The summed E-state index contributed by atoms with van der Waals surface area (Å²) >= 11 is 0. The summed E-state index contributed by atoms with van der Waals surface area (Å²) in [6.07, 6.45) is -3.59. The summed E-state index contributed by atoms with van der Waals surface area (Å²) in [5, 5.41) is 17.8. The van der Waals surface area contributed by atoms with Crippen LogP contribution in [0.25, 0.3) is 0 Å². The van der Waals surface area contributed by atoms with Crippen LogP contribution in [0, 0.1) is 0 Å². The first-order valence-electron chi connectivity index (χ1n) is 5.78. The fourth-order valence-electron chi connectivity index (χ4n) is 1.62. The molecule has 0 aromatic heterocycles. The Morgan fingerprint density at radius 2 is 1.23 bits per heavy atom. The second-order valence-corrected chi connectivity index (χ2v) is 6.72. The number of carboxylic acid groups (broad SMARTS) is 2. The predicted octanol–water partition coefficient (Wildman–Crippen LogP) is -3.98. The monoisotopic (exact) mass is 424 g/mol. The van der Waals surface area contributed by atoms with Crippen LogP contribution in [0.3, 0.4) is 0 Å². The molecule has 0 fully saturated rings. The highest BCUT2D eigenvalue weighted by Crippen LogP contribution is 2.28. The summed E-state index contributed by atoms with van der Waals surface area (Å²) in [6.45, 7) is 0. The minimum Gasteiger partial charge on any atom is -0.481 e. The highest BCUT2D eigenvalue weighted by molar-refractivity contribution is 7.81. The zero-order valence-corrected chi connectivity index (χ0v) is 13.9. The molecule has 0 aliphatic rings. The van der Waals surface area contributed by atoms with Crippen LogP contribution in [0.4, 0.5) is 0 Å². The lowest BCUT2D eigenvalue weighted by Crippen LogP contribution is -2.75. The van der Waals surface area contributed by atoms with Gasteiger partial charge in [-0.1, -0.05) is 0 Å². The molecule has 0 saturated carbocycles. The highest BCUT2D eigenvalue weighted by atomic mass is 32.3. The molecular formula is C8H12N2O14S2. The van der Waals surface area contributed by atoms with E-state index in [2.05, 4.69) is 8.37 Å². The lowest BCUT2D eigenvalue weighted by atomic mass is 9.73. The van der Waals surface area contributed by atoms with Gasteiger partial charge in [-0.15, -0.1) is 0 Å². The van der Waals surface area contributed by atoms with Crippen LogP contribution < -0.4 is 11.5 Å². The van der Waals surface area contributed by atoms with Crippen LogP contribution in [0.5, 0.6) is 0 Å². The van der Waals surface area contributed by atoms with E-state index in [-0.39, 0.29) is 0 Å². The van der Waals surface area contributed by atoms with E-state index in [1.807, 2.05) is 0 Å². The molecule has 0 aliphatic carbocycles. The summed E-state index contributed by atoms with van der Waals surface area (Å²) in [5.74, 6) is -8.91. The molecule has 18 heteroatoms. The van der Waals surface area contributed by atoms with E-state index in [9.17, 15) is 36.0 Å². The third-order valence-electron chi connectivity index (χ3n) is 2.77. The van der Waals surface area contributed by atoms with Crippen molar-refractivity contribution in [2.24, 2.45) is 11.5 Å². The van der Waals surface area contributed by atoms with Gasteiger partial charge in [0.2, 0.25) is 0 Å². The molecule has 16 nitrogen and oxygen atoms in total. The quantitative estimate of drug-likeness (QED) is 0.192. The Morgan fingerprint density at radius 1 is 0.808 bits per heavy atom. The van der Waals surface area contributed by atoms with Crippen molar-refractivity contribution in [3.63, 3.8) is 0 Å². The average molecular weight is 424 g/mol. The van der Waals surface area contributed by atoms with Gasteiger partial charge in [0.25, 0.3) is 0 Å². The van der Waals surface area contributed by atoms with Crippen molar-refractivity contribution in [2.75, 3.05) is 0 Å². The lowest BCUT2D eigenvalue weighted by Gasteiger charge is -2.38. The number of carboxylic acids is 2. The van der Waals surface area contributed by atoms with Crippen molar-refractivity contribution < 1.29 is 63.7 Å². The van der Waals surface area contributed by atoms with Crippen molar-refractivity contribution in [3.05, 3.63) is 0 Å². The first-order valence-corrected chi connectivity index (χ1v) is 8.51. The molecule has 0 aromatic rings. The minimum absolute atomic E-state index is 1.70. The summed E-state index contributed by atoms with van der Waals surface area (Å²) in [4.78, 5) is 45.5.